The van der Waals surface area contributed by atoms with Crippen molar-refractivity contribution in [2.45, 2.75) is 39.2 Å². The molecule has 0 fully saturated rings. The Hall–Kier alpha value is -0.0800. The molecule has 0 bridgehead atoms. The molecule has 2 heteroatoms. The van der Waals surface area contributed by atoms with Gasteiger partial charge in [0.2, 0.25) is 0 Å². The van der Waals surface area contributed by atoms with Crippen molar-refractivity contribution in [1.82, 2.24) is 0 Å². The highest BCUT2D eigenvalue weighted by atomic mass is 16.5. The summed E-state index contributed by atoms with van der Waals surface area (Å²) in [7, 11) is 1.73. The van der Waals surface area contributed by atoms with Gasteiger partial charge in [-0.1, -0.05) is 13.3 Å². The van der Waals surface area contributed by atoms with E-state index in [1.54, 1.807) is 7.11 Å². The van der Waals surface area contributed by atoms with Crippen molar-refractivity contribution in [1.29, 1.82) is 0 Å². The Bertz CT molecular complexity index is 74.0. The molecule has 0 aromatic heterocycles. The number of rotatable bonds is 7. The third kappa shape index (κ3) is 7.82. The maximum Gasteiger partial charge on any atom is 0.0565 e. The summed E-state index contributed by atoms with van der Waals surface area (Å²) in [5, 5.41) is 0. The van der Waals surface area contributed by atoms with E-state index in [-0.39, 0.29) is 0 Å². The minimum absolute atomic E-state index is 0.330. The molecule has 11 heavy (non-hydrogen) atoms. The second-order valence-corrected chi connectivity index (χ2v) is 2.80. The number of methoxy groups -OCH3 is 1. The Labute approximate surface area is 69.9 Å². The predicted molar refractivity (Wildman–Crippen MR) is 46.8 cm³/mol. The number of hydrogen-bond donors (Lipinski definition) is 0. The number of ether oxygens (including phenoxy) is 2. The third-order valence-electron chi connectivity index (χ3n) is 1.71. The first kappa shape index (κ1) is 10.9. The summed E-state index contributed by atoms with van der Waals surface area (Å²) < 4.78 is 10.4. The van der Waals surface area contributed by atoms with Gasteiger partial charge < -0.3 is 9.47 Å². The van der Waals surface area contributed by atoms with Crippen LogP contribution in [0.3, 0.4) is 0 Å². The van der Waals surface area contributed by atoms with Crippen LogP contribution in [-0.4, -0.2) is 26.4 Å². The van der Waals surface area contributed by atoms with Gasteiger partial charge in [-0.15, -0.1) is 0 Å². The minimum atomic E-state index is 0.330. The molecule has 0 radical (unpaired) electrons. The van der Waals surface area contributed by atoms with Gasteiger partial charge in [-0.2, -0.15) is 0 Å². The van der Waals surface area contributed by atoms with E-state index in [4.69, 9.17) is 9.47 Å². The van der Waals surface area contributed by atoms with Crippen LogP contribution in [0.5, 0.6) is 0 Å². The fraction of sp³-hybridized carbons (Fsp3) is 1.00. The predicted octanol–water partition coefficient (Wildman–Crippen LogP) is 2.23. The molecule has 0 aromatic rings. The lowest BCUT2D eigenvalue weighted by atomic mass is 10.3. The molecule has 0 rings (SSSR count). The Morgan fingerprint density at radius 3 is 2.55 bits per heavy atom. The van der Waals surface area contributed by atoms with Gasteiger partial charge in [0.1, 0.15) is 0 Å². The second-order valence-electron chi connectivity index (χ2n) is 2.80. The van der Waals surface area contributed by atoms with E-state index in [9.17, 15) is 0 Å². The lowest BCUT2D eigenvalue weighted by Gasteiger charge is -2.08. The fourth-order valence-corrected chi connectivity index (χ4v) is 0.716. The maximum absolute atomic E-state index is 5.37. The molecular formula is C9H20O2. The first-order valence-electron chi connectivity index (χ1n) is 4.41. The minimum Gasteiger partial charge on any atom is -0.382 e. The lowest BCUT2D eigenvalue weighted by molar-refractivity contribution is 0.0608. The van der Waals surface area contributed by atoms with E-state index in [1.807, 2.05) is 0 Å². The van der Waals surface area contributed by atoms with Crippen molar-refractivity contribution in [2.75, 3.05) is 20.3 Å². The van der Waals surface area contributed by atoms with Gasteiger partial charge >= 0.3 is 0 Å². The van der Waals surface area contributed by atoms with E-state index in [1.165, 1.54) is 12.8 Å². The van der Waals surface area contributed by atoms with Crippen molar-refractivity contribution < 1.29 is 9.47 Å². The molecule has 0 spiro atoms. The topological polar surface area (TPSA) is 18.5 Å². The van der Waals surface area contributed by atoms with Crippen molar-refractivity contribution in [3.05, 3.63) is 0 Å². The van der Waals surface area contributed by atoms with E-state index in [0.29, 0.717) is 6.10 Å². The van der Waals surface area contributed by atoms with Crippen LogP contribution >= 0.6 is 0 Å². The van der Waals surface area contributed by atoms with Crippen LogP contribution in [0.25, 0.3) is 0 Å². The zero-order valence-electron chi connectivity index (χ0n) is 7.93. The highest BCUT2D eigenvalue weighted by molar-refractivity contribution is 4.46. The van der Waals surface area contributed by atoms with Crippen LogP contribution in [0.2, 0.25) is 0 Å². The average Bonchev–Trinajstić information content (AvgIpc) is 2.04. The van der Waals surface area contributed by atoms with E-state index in [0.717, 1.165) is 19.6 Å². The van der Waals surface area contributed by atoms with Gasteiger partial charge in [0, 0.05) is 20.3 Å². The fourth-order valence-electron chi connectivity index (χ4n) is 0.716. The summed E-state index contributed by atoms with van der Waals surface area (Å²) in [5.41, 5.74) is 0. The number of hydrogen-bond acceptors (Lipinski definition) is 2. The monoisotopic (exact) mass is 160 g/mol. The molecular weight excluding hydrogens is 140 g/mol. The van der Waals surface area contributed by atoms with Gasteiger partial charge in [0.25, 0.3) is 0 Å². The van der Waals surface area contributed by atoms with E-state index < -0.39 is 0 Å². The zero-order chi connectivity index (χ0) is 8.53. The second kappa shape index (κ2) is 8.02. The highest BCUT2D eigenvalue weighted by Gasteiger charge is 1.97. The summed E-state index contributed by atoms with van der Waals surface area (Å²) in [6.07, 6.45) is 3.71. The van der Waals surface area contributed by atoms with Gasteiger partial charge in [-0.25, -0.2) is 0 Å². The summed E-state index contributed by atoms with van der Waals surface area (Å²) in [5.74, 6) is 0. The van der Waals surface area contributed by atoms with Gasteiger partial charge in [0.15, 0.2) is 0 Å². The molecule has 1 unspecified atom stereocenters. The van der Waals surface area contributed by atoms with Gasteiger partial charge in [0.05, 0.1) is 6.10 Å². The molecule has 2 nitrogen and oxygen atoms in total. The normalized spacial score (nSPS) is 13.4. The Morgan fingerprint density at radius 2 is 2.00 bits per heavy atom. The number of unbranched alkanes of at least 4 members (excludes halogenated alkanes) is 1. The van der Waals surface area contributed by atoms with Crippen LogP contribution in [-0.2, 0) is 9.47 Å². The van der Waals surface area contributed by atoms with Gasteiger partial charge in [-0.05, 0) is 19.8 Å². The Morgan fingerprint density at radius 1 is 1.27 bits per heavy atom. The molecule has 0 aliphatic carbocycles. The van der Waals surface area contributed by atoms with Crippen molar-refractivity contribution in [2.24, 2.45) is 0 Å². The molecule has 0 saturated carbocycles. The van der Waals surface area contributed by atoms with Crippen molar-refractivity contribution >= 4 is 0 Å². The standard InChI is InChI=1S/C9H20O2/c1-4-5-7-11-8-6-9(2)10-3/h9H,4-8H2,1-3H3. The van der Waals surface area contributed by atoms with Crippen LogP contribution in [0.4, 0.5) is 0 Å². The Balaban J connectivity index is 2.89. The molecule has 0 saturated heterocycles. The smallest absolute Gasteiger partial charge is 0.0565 e. The summed E-state index contributed by atoms with van der Waals surface area (Å²) in [4.78, 5) is 0. The molecule has 0 aromatic carbocycles. The quantitative estimate of drug-likeness (QED) is 0.532. The highest BCUT2D eigenvalue weighted by Crippen LogP contribution is 1.96. The summed E-state index contributed by atoms with van der Waals surface area (Å²) >= 11 is 0. The molecule has 1 atom stereocenters. The van der Waals surface area contributed by atoms with Crippen LogP contribution in [0, 0.1) is 0 Å². The average molecular weight is 160 g/mol. The first-order valence-corrected chi connectivity index (χ1v) is 4.41. The molecule has 0 heterocycles. The summed E-state index contributed by atoms with van der Waals surface area (Å²) in [6.45, 7) is 5.95. The zero-order valence-corrected chi connectivity index (χ0v) is 7.93. The largest absolute Gasteiger partial charge is 0.382 e. The molecule has 0 aliphatic heterocycles. The van der Waals surface area contributed by atoms with Crippen LogP contribution < -0.4 is 0 Å². The lowest BCUT2D eigenvalue weighted by Crippen LogP contribution is -2.09. The third-order valence-corrected chi connectivity index (χ3v) is 1.71. The van der Waals surface area contributed by atoms with Gasteiger partial charge in [-0.3, -0.25) is 0 Å². The van der Waals surface area contributed by atoms with Crippen LogP contribution in [0.1, 0.15) is 33.1 Å². The SMILES string of the molecule is CCCCOCCC(C)OC. The Kier molecular flexibility index (Phi) is 7.96. The maximum atomic E-state index is 5.37. The molecule has 68 valence electrons. The van der Waals surface area contributed by atoms with Crippen molar-refractivity contribution in [3.8, 4) is 0 Å². The molecule has 0 N–H and O–H groups in total. The molecule has 0 aliphatic rings. The summed E-state index contributed by atoms with van der Waals surface area (Å²) in [6, 6.07) is 0. The molecule has 0 amide bonds. The van der Waals surface area contributed by atoms with E-state index >= 15 is 0 Å². The van der Waals surface area contributed by atoms with Crippen molar-refractivity contribution in [3.63, 3.8) is 0 Å². The first-order chi connectivity index (χ1) is 5.31. The van der Waals surface area contributed by atoms with E-state index in [2.05, 4.69) is 13.8 Å². The van der Waals surface area contributed by atoms with Crippen LogP contribution in [0.15, 0.2) is 0 Å².